The second kappa shape index (κ2) is 8.55. The molecule has 112 valence electrons. The van der Waals surface area contributed by atoms with E-state index in [0.717, 1.165) is 36.3 Å². The SMILES string of the molecule is COCCNCC(=Cc1csc(C)n1)C1CCCCC1. The summed E-state index contributed by atoms with van der Waals surface area (Å²) < 4.78 is 5.10. The Balaban J connectivity index is 2.00. The number of nitrogens with zero attached hydrogens (tertiary/aromatic N) is 1. The second-order valence-corrected chi connectivity index (χ2v) is 6.58. The Kier molecular flexibility index (Phi) is 6.70. The minimum atomic E-state index is 0.737. The highest BCUT2D eigenvalue weighted by Crippen LogP contribution is 2.30. The molecule has 1 aromatic rings. The van der Waals surface area contributed by atoms with E-state index in [1.165, 1.54) is 37.7 Å². The maximum absolute atomic E-state index is 5.10. The van der Waals surface area contributed by atoms with E-state index in [-0.39, 0.29) is 0 Å². The number of hydrogen-bond donors (Lipinski definition) is 1. The molecule has 0 aromatic carbocycles. The fourth-order valence-electron chi connectivity index (χ4n) is 2.83. The van der Waals surface area contributed by atoms with Crippen molar-refractivity contribution in [1.82, 2.24) is 10.3 Å². The first-order valence-corrected chi connectivity index (χ1v) is 8.50. The highest BCUT2D eigenvalue weighted by Gasteiger charge is 2.17. The van der Waals surface area contributed by atoms with Gasteiger partial charge in [0.1, 0.15) is 0 Å². The molecule has 0 radical (unpaired) electrons. The van der Waals surface area contributed by atoms with Crippen LogP contribution in [0.2, 0.25) is 0 Å². The summed E-state index contributed by atoms with van der Waals surface area (Å²) in [5.74, 6) is 0.737. The fourth-order valence-corrected chi connectivity index (χ4v) is 3.40. The third-order valence-electron chi connectivity index (χ3n) is 3.91. The normalized spacial score (nSPS) is 17.6. The first-order valence-electron chi connectivity index (χ1n) is 7.62. The number of aryl methyl sites for hydroxylation is 1. The molecule has 4 heteroatoms. The van der Waals surface area contributed by atoms with Gasteiger partial charge in [-0.1, -0.05) is 24.8 Å². The molecule has 1 saturated carbocycles. The number of aromatic nitrogens is 1. The average molecular weight is 294 g/mol. The Morgan fingerprint density at radius 3 is 2.90 bits per heavy atom. The summed E-state index contributed by atoms with van der Waals surface area (Å²) >= 11 is 1.73. The predicted molar refractivity (Wildman–Crippen MR) is 86.1 cm³/mol. The van der Waals surface area contributed by atoms with Gasteiger partial charge < -0.3 is 10.1 Å². The third kappa shape index (κ3) is 5.00. The highest BCUT2D eigenvalue weighted by molar-refractivity contribution is 7.09. The van der Waals surface area contributed by atoms with E-state index in [1.807, 2.05) is 0 Å². The zero-order chi connectivity index (χ0) is 14.2. The van der Waals surface area contributed by atoms with Gasteiger partial charge in [0.15, 0.2) is 0 Å². The molecule has 0 amide bonds. The van der Waals surface area contributed by atoms with E-state index < -0.39 is 0 Å². The van der Waals surface area contributed by atoms with Gasteiger partial charge in [-0.15, -0.1) is 11.3 Å². The van der Waals surface area contributed by atoms with Crippen molar-refractivity contribution in [1.29, 1.82) is 0 Å². The smallest absolute Gasteiger partial charge is 0.0901 e. The molecule has 1 aliphatic rings. The molecule has 1 heterocycles. The van der Waals surface area contributed by atoms with E-state index in [0.29, 0.717) is 0 Å². The van der Waals surface area contributed by atoms with E-state index in [4.69, 9.17) is 4.74 Å². The number of methoxy groups -OCH3 is 1. The summed E-state index contributed by atoms with van der Waals surface area (Å²) in [5, 5.41) is 6.80. The van der Waals surface area contributed by atoms with Crippen LogP contribution in [0.4, 0.5) is 0 Å². The number of hydrogen-bond acceptors (Lipinski definition) is 4. The first-order chi connectivity index (χ1) is 9.79. The largest absolute Gasteiger partial charge is 0.383 e. The Hall–Kier alpha value is -0.710. The molecule has 0 bridgehead atoms. The van der Waals surface area contributed by atoms with Crippen LogP contribution in [0.15, 0.2) is 11.0 Å². The number of ether oxygens (including phenoxy) is 1. The Morgan fingerprint density at radius 1 is 1.45 bits per heavy atom. The molecule has 0 atom stereocenters. The first kappa shape index (κ1) is 15.7. The lowest BCUT2D eigenvalue weighted by molar-refractivity contribution is 0.200. The lowest BCUT2D eigenvalue weighted by atomic mass is 9.83. The van der Waals surface area contributed by atoms with Crippen molar-refractivity contribution < 1.29 is 4.74 Å². The van der Waals surface area contributed by atoms with Crippen molar-refractivity contribution >= 4 is 17.4 Å². The lowest BCUT2D eigenvalue weighted by Crippen LogP contribution is -2.25. The molecule has 0 saturated heterocycles. The molecule has 0 aliphatic heterocycles. The molecule has 1 aromatic heterocycles. The van der Waals surface area contributed by atoms with Crippen LogP contribution in [0.3, 0.4) is 0 Å². The summed E-state index contributed by atoms with van der Waals surface area (Å²) in [6.45, 7) is 4.72. The Bertz CT molecular complexity index is 422. The average Bonchev–Trinajstić information content (AvgIpc) is 2.88. The van der Waals surface area contributed by atoms with E-state index >= 15 is 0 Å². The van der Waals surface area contributed by atoms with Crippen LogP contribution < -0.4 is 5.32 Å². The topological polar surface area (TPSA) is 34.1 Å². The van der Waals surface area contributed by atoms with Gasteiger partial charge in [0.05, 0.1) is 17.3 Å². The molecule has 0 spiro atoms. The van der Waals surface area contributed by atoms with Crippen molar-refractivity contribution in [2.75, 3.05) is 26.8 Å². The molecule has 3 nitrogen and oxygen atoms in total. The van der Waals surface area contributed by atoms with Gasteiger partial charge in [0.2, 0.25) is 0 Å². The quantitative estimate of drug-likeness (QED) is 0.779. The minimum Gasteiger partial charge on any atom is -0.383 e. The van der Waals surface area contributed by atoms with Gasteiger partial charge in [0.25, 0.3) is 0 Å². The fraction of sp³-hybridized carbons (Fsp3) is 0.688. The standard InChI is InChI=1S/C16H26N2OS/c1-13-18-16(12-20-13)10-15(11-17-8-9-19-2)14-6-4-3-5-7-14/h10,12,14,17H,3-9,11H2,1-2H3. The van der Waals surface area contributed by atoms with Gasteiger partial charge in [-0.05, 0) is 31.8 Å². The predicted octanol–water partition coefficient (Wildman–Crippen LogP) is 3.65. The molecule has 1 aliphatic carbocycles. The highest BCUT2D eigenvalue weighted by atomic mass is 32.1. The van der Waals surface area contributed by atoms with Gasteiger partial charge in [-0.25, -0.2) is 4.98 Å². The Morgan fingerprint density at radius 2 is 2.25 bits per heavy atom. The maximum Gasteiger partial charge on any atom is 0.0901 e. The summed E-state index contributed by atoms with van der Waals surface area (Å²) in [6.07, 6.45) is 9.12. The van der Waals surface area contributed by atoms with Crippen molar-refractivity contribution in [2.45, 2.75) is 39.0 Å². The van der Waals surface area contributed by atoms with Crippen LogP contribution in [0, 0.1) is 12.8 Å². The lowest BCUT2D eigenvalue weighted by Gasteiger charge is -2.25. The van der Waals surface area contributed by atoms with Gasteiger partial charge in [0, 0.05) is 25.6 Å². The van der Waals surface area contributed by atoms with Crippen molar-refractivity contribution in [3.05, 3.63) is 21.7 Å². The molecular formula is C16H26N2OS. The molecular weight excluding hydrogens is 268 g/mol. The molecule has 0 unspecified atom stereocenters. The number of rotatable bonds is 7. The number of thiazole rings is 1. The maximum atomic E-state index is 5.10. The van der Waals surface area contributed by atoms with Crippen molar-refractivity contribution in [3.8, 4) is 0 Å². The zero-order valence-corrected chi connectivity index (χ0v) is 13.5. The van der Waals surface area contributed by atoms with E-state index in [9.17, 15) is 0 Å². The van der Waals surface area contributed by atoms with Crippen molar-refractivity contribution in [2.24, 2.45) is 5.92 Å². The third-order valence-corrected chi connectivity index (χ3v) is 4.70. The second-order valence-electron chi connectivity index (χ2n) is 5.52. The van der Waals surface area contributed by atoms with Crippen LogP contribution >= 0.6 is 11.3 Å². The van der Waals surface area contributed by atoms with Crippen LogP contribution in [-0.4, -0.2) is 31.8 Å². The zero-order valence-electron chi connectivity index (χ0n) is 12.7. The van der Waals surface area contributed by atoms with Crippen LogP contribution in [-0.2, 0) is 4.74 Å². The molecule has 2 rings (SSSR count). The van der Waals surface area contributed by atoms with Gasteiger partial charge in [-0.2, -0.15) is 0 Å². The van der Waals surface area contributed by atoms with Crippen LogP contribution in [0.1, 0.15) is 42.8 Å². The van der Waals surface area contributed by atoms with E-state index in [1.54, 1.807) is 18.4 Å². The molecule has 1 fully saturated rings. The minimum absolute atomic E-state index is 0.737. The van der Waals surface area contributed by atoms with Gasteiger partial charge in [-0.3, -0.25) is 0 Å². The monoisotopic (exact) mass is 294 g/mol. The summed E-state index contributed by atoms with van der Waals surface area (Å²) in [7, 11) is 1.75. The van der Waals surface area contributed by atoms with Crippen LogP contribution in [0.5, 0.6) is 0 Å². The van der Waals surface area contributed by atoms with Crippen LogP contribution in [0.25, 0.3) is 6.08 Å². The summed E-state index contributed by atoms with van der Waals surface area (Å²) in [5.41, 5.74) is 2.65. The summed E-state index contributed by atoms with van der Waals surface area (Å²) in [6, 6.07) is 0. The van der Waals surface area contributed by atoms with Crippen molar-refractivity contribution in [3.63, 3.8) is 0 Å². The van der Waals surface area contributed by atoms with E-state index in [2.05, 4.69) is 28.7 Å². The molecule has 20 heavy (non-hydrogen) atoms. The van der Waals surface area contributed by atoms with Gasteiger partial charge >= 0.3 is 0 Å². The number of nitrogens with one attached hydrogen (secondary N) is 1. The Labute approximate surface area is 126 Å². The molecule has 1 N–H and O–H groups in total. The summed E-state index contributed by atoms with van der Waals surface area (Å²) in [4.78, 5) is 4.58.